The van der Waals surface area contributed by atoms with Crippen LogP contribution in [-0.2, 0) is 0 Å². The first-order chi connectivity index (χ1) is 2.73. The molecule has 2 N–H and O–H groups in total. The van der Waals surface area contributed by atoms with Gasteiger partial charge in [-0.3, -0.25) is 0 Å². The van der Waals surface area contributed by atoms with Gasteiger partial charge in [0.15, 0.2) is 0 Å². The average Bonchev–Trinajstić information content (AvgIpc) is 1.41. The van der Waals surface area contributed by atoms with Crippen molar-refractivity contribution in [2.75, 3.05) is 0 Å². The Hall–Kier alpha value is -0.410. The minimum absolute atomic E-state index is 0. The van der Waals surface area contributed by atoms with Crippen LogP contribution in [0.2, 0.25) is 0 Å². The van der Waals surface area contributed by atoms with Crippen LogP contribution in [0.25, 0.3) is 0 Å². The molecule has 8 heavy (non-hydrogen) atoms. The lowest BCUT2D eigenvalue weighted by Gasteiger charge is -1.60. The highest BCUT2D eigenvalue weighted by molar-refractivity contribution is 5.85. The first kappa shape index (κ1) is 25.6. The van der Waals surface area contributed by atoms with Gasteiger partial charge < -0.3 is 10.2 Å². The second-order valence-corrected chi connectivity index (χ2v) is 0.283. The summed E-state index contributed by atoms with van der Waals surface area (Å²) >= 11 is 0. The summed E-state index contributed by atoms with van der Waals surface area (Å²) in [6, 6.07) is 0. The van der Waals surface area contributed by atoms with Crippen LogP contribution >= 0.6 is 24.8 Å². The van der Waals surface area contributed by atoms with Gasteiger partial charge in [0.25, 0.3) is 0 Å². The molecule has 0 fully saturated rings. The third-order valence-corrected chi connectivity index (χ3v) is 0. The zero-order valence-electron chi connectivity index (χ0n) is 4.03. The summed E-state index contributed by atoms with van der Waals surface area (Å²) in [6.45, 7) is 6.00. The first-order valence-corrected chi connectivity index (χ1v) is 1.15. The number of halogens is 2. The van der Waals surface area contributed by atoms with Crippen LogP contribution in [0.15, 0.2) is 13.2 Å². The Balaban J connectivity index is -0.0000000183. The minimum atomic E-state index is -1.83. The lowest BCUT2D eigenvalue weighted by atomic mass is 11.3. The van der Waals surface area contributed by atoms with E-state index in [2.05, 4.69) is 13.2 Å². The van der Waals surface area contributed by atoms with E-state index in [9.17, 15) is 0 Å². The molecule has 0 atom stereocenters. The summed E-state index contributed by atoms with van der Waals surface area (Å²) in [7, 11) is 0. The Morgan fingerprint density at radius 3 is 1.12 bits per heavy atom. The molecule has 0 aliphatic rings. The molecule has 0 aromatic carbocycles. The molecule has 0 unspecified atom stereocenters. The van der Waals surface area contributed by atoms with E-state index in [-0.39, 0.29) is 24.8 Å². The van der Waals surface area contributed by atoms with Crippen molar-refractivity contribution in [3.63, 3.8) is 0 Å². The second kappa shape index (κ2) is 30.7. The van der Waals surface area contributed by atoms with Crippen molar-refractivity contribution in [1.29, 1.82) is 0 Å². The standard InChI is InChI=1S/C2H4.CH2O3.2ClH/c1-2;2-1(3)4;;/h1-2H2;(H2,2,3,4);2*1H. The fourth-order valence-electron chi connectivity index (χ4n) is 0. The van der Waals surface area contributed by atoms with E-state index in [4.69, 9.17) is 15.0 Å². The van der Waals surface area contributed by atoms with Gasteiger partial charge in [-0.2, -0.15) is 0 Å². The summed E-state index contributed by atoms with van der Waals surface area (Å²) in [5, 5.41) is 13.9. The largest absolute Gasteiger partial charge is 0.503 e. The molecule has 0 spiro atoms. The van der Waals surface area contributed by atoms with E-state index in [1.54, 1.807) is 0 Å². The maximum atomic E-state index is 8.56. The predicted molar refractivity (Wildman–Crippen MR) is 36.4 cm³/mol. The van der Waals surface area contributed by atoms with E-state index in [1.165, 1.54) is 0 Å². The lowest BCUT2D eigenvalue weighted by molar-refractivity contribution is 0.137. The Morgan fingerprint density at radius 2 is 1.12 bits per heavy atom. The highest BCUT2D eigenvalue weighted by Crippen LogP contribution is 1.42. The fourth-order valence-corrected chi connectivity index (χ4v) is 0. The Labute approximate surface area is 59.8 Å². The maximum absolute atomic E-state index is 8.56. The molecule has 0 heterocycles. The molecule has 0 amide bonds. The smallest absolute Gasteiger partial charge is 0.450 e. The van der Waals surface area contributed by atoms with Crippen LogP contribution in [0.1, 0.15) is 0 Å². The third kappa shape index (κ3) is 701. The van der Waals surface area contributed by atoms with E-state index in [0.717, 1.165) is 0 Å². The molecule has 0 rings (SSSR count). The van der Waals surface area contributed by atoms with Crippen molar-refractivity contribution < 1.29 is 15.0 Å². The molecular weight excluding hydrogens is 155 g/mol. The van der Waals surface area contributed by atoms with Crippen LogP contribution in [0.5, 0.6) is 0 Å². The molecule has 0 aliphatic carbocycles. The highest BCUT2D eigenvalue weighted by atomic mass is 35.5. The van der Waals surface area contributed by atoms with Crippen molar-refractivity contribution in [2.45, 2.75) is 0 Å². The highest BCUT2D eigenvalue weighted by Gasteiger charge is 1.70. The zero-order chi connectivity index (χ0) is 5.58. The van der Waals surface area contributed by atoms with Gasteiger partial charge in [0, 0.05) is 0 Å². The third-order valence-electron chi connectivity index (χ3n) is 0. The summed E-state index contributed by atoms with van der Waals surface area (Å²) in [5.74, 6) is 0. The number of carbonyl (C=O) groups is 1. The fraction of sp³-hybridized carbons (Fsp3) is 0. The molecule has 0 aromatic rings. The monoisotopic (exact) mass is 162 g/mol. The van der Waals surface area contributed by atoms with Crippen LogP contribution in [-0.4, -0.2) is 16.4 Å². The summed E-state index contributed by atoms with van der Waals surface area (Å²) in [5.41, 5.74) is 0. The number of hydrogen-bond acceptors (Lipinski definition) is 1. The van der Waals surface area contributed by atoms with Crippen LogP contribution < -0.4 is 0 Å². The molecule has 0 aromatic heterocycles. The van der Waals surface area contributed by atoms with E-state index >= 15 is 0 Å². The number of hydrogen-bond donors (Lipinski definition) is 2. The molecule has 0 aliphatic heterocycles. The summed E-state index contributed by atoms with van der Waals surface area (Å²) in [4.78, 5) is 8.56. The molecule has 0 radical (unpaired) electrons. The van der Waals surface area contributed by atoms with E-state index in [1.807, 2.05) is 0 Å². The van der Waals surface area contributed by atoms with Crippen LogP contribution in [0, 0.1) is 0 Å². The minimum Gasteiger partial charge on any atom is -0.450 e. The van der Waals surface area contributed by atoms with Crippen LogP contribution in [0.3, 0.4) is 0 Å². The van der Waals surface area contributed by atoms with E-state index < -0.39 is 6.16 Å². The summed E-state index contributed by atoms with van der Waals surface area (Å²) in [6.07, 6.45) is -1.83. The molecule has 0 saturated heterocycles. The SMILES string of the molecule is C=C.Cl.Cl.O=C(O)O. The van der Waals surface area contributed by atoms with Gasteiger partial charge >= 0.3 is 6.16 Å². The van der Waals surface area contributed by atoms with Crippen molar-refractivity contribution in [3.8, 4) is 0 Å². The zero-order valence-corrected chi connectivity index (χ0v) is 5.67. The number of carboxylic acid groups (broad SMARTS) is 2. The first-order valence-electron chi connectivity index (χ1n) is 1.15. The van der Waals surface area contributed by atoms with Gasteiger partial charge in [-0.05, 0) is 0 Å². The van der Waals surface area contributed by atoms with Gasteiger partial charge in [-0.25, -0.2) is 4.79 Å². The van der Waals surface area contributed by atoms with Crippen molar-refractivity contribution in [3.05, 3.63) is 13.2 Å². The van der Waals surface area contributed by atoms with Crippen molar-refractivity contribution in [2.24, 2.45) is 0 Å². The molecule has 5 heteroatoms. The molecule has 0 bridgehead atoms. The normalized spacial score (nSPS) is 3.50. The molecule has 0 saturated carbocycles. The molecule has 3 nitrogen and oxygen atoms in total. The van der Waals surface area contributed by atoms with Gasteiger partial charge in [0.2, 0.25) is 0 Å². The van der Waals surface area contributed by atoms with Crippen LogP contribution in [0.4, 0.5) is 4.79 Å². The predicted octanol–water partition coefficient (Wildman–Crippen LogP) is 1.87. The number of rotatable bonds is 0. The van der Waals surface area contributed by atoms with Gasteiger partial charge in [0.05, 0.1) is 0 Å². The van der Waals surface area contributed by atoms with Crippen molar-refractivity contribution >= 4 is 31.0 Å². The van der Waals surface area contributed by atoms with Gasteiger partial charge in [0.1, 0.15) is 0 Å². The molecular formula is C3H8Cl2O3. The Kier molecular flexibility index (Phi) is 98.1. The van der Waals surface area contributed by atoms with Gasteiger partial charge in [-0.15, -0.1) is 38.0 Å². The lowest BCUT2D eigenvalue weighted by Crippen LogP contribution is -1.81. The summed E-state index contributed by atoms with van der Waals surface area (Å²) < 4.78 is 0. The Morgan fingerprint density at radius 1 is 1.12 bits per heavy atom. The maximum Gasteiger partial charge on any atom is 0.503 e. The van der Waals surface area contributed by atoms with Crippen molar-refractivity contribution in [1.82, 2.24) is 0 Å². The quantitative estimate of drug-likeness (QED) is 0.536. The average molecular weight is 163 g/mol. The molecule has 52 valence electrons. The van der Waals surface area contributed by atoms with Gasteiger partial charge in [-0.1, -0.05) is 0 Å². The Bertz CT molecular complexity index is 43.8. The second-order valence-electron chi connectivity index (χ2n) is 0.283. The van der Waals surface area contributed by atoms with E-state index in [0.29, 0.717) is 0 Å². The topological polar surface area (TPSA) is 57.5 Å².